The number of nitrogens with zero attached hydrogens (tertiary/aromatic N) is 3. The van der Waals surface area contributed by atoms with Gasteiger partial charge in [-0.2, -0.15) is 5.26 Å². The van der Waals surface area contributed by atoms with Crippen LogP contribution in [-0.2, 0) is 4.79 Å². The third-order valence-electron chi connectivity index (χ3n) is 1.48. The Morgan fingerprint density at radius 3 is 3.09 bits per heavy atom. The Morgan fingerprint density at radius 2 is 2.64 bits per heavy atom. The van der Waals surface area contributed by atoms with Gasteiger partial charge in [-0.1, -0.05) is 0 Å². The smallest absolute Gasteiger partial charge is 0.237 e. The molecule has 4 nitrogen and oxygen atoms in total. The van der Waals surface area contributed by atoms with E-state index >= 15 is 0 Å². The minimum absolute atomic E-state index is 0.195. The molecule has 0 aromatic carbocycles. The zero-order valence-electron chi connectivity index (χ0n) is 6.37. The van der Waals surface area contributed by atoms with Gasteiger partial charge in [-0.05, 0) is 7.05 Å². The van der Waals surface area contributed by atoms with E-state index in [-0.39, 0.29) is 6.42 Å². The van der Waals surface area contributed by atoms with Crippen molar-refractivity contribution in [1.82, 2.24) is 4.90 Å². The van der Waals surface area contributed by atoms with Crippen molar-refractivity contribution in [3.05, 3.63) is 0 Å². The Kier molecular flexibility index (Phi) is 2.34. The van der Waals surface area contributed by atoms with Gasteiger partial charge in [0.15, 0.2) is 0 Å². The monoisotopic (exact) mass is 151 g/mol. The summed E-state index contributed by atoms with van der Waals surface area (Å²) in [6, 6.07) is 1.57. The van der Waals surface area contributed by atoms with Crippen LogP contribution in [0, 0.1) is 11.3 Å². The van der Waals surface area contributed by atoms with E-state index in [1.54, 1.807) is 6.07 Å². The quantitative estimate of drug-likeness (QED) is 0.514. The van der Waals surface area contributed by atoms with Gasteiger partial charge in [-0.3, -0.25) is 14.7 Å². The van der Waals surface area contributed by atoms with Crippen molar-refractivity contribution in [2.45, 2.75) is 6.42 Å². The van der Waals surface area contributed by atoms with E-state index in [1.165, 1.54) is 0 Å². The number of carbonyl (C=O) groups excluding carboxylic acids is 1. The van der Waals surface area contributed by atoms with Crippen LogP contribution in [0.3, 0.4) is 0 Å². The third-order valence-corrected chi connectivity index (χ3v) is 1.48. The second-order valence-electron chi connectivity index (χ2n) is 2.59. The van der Waals surface area contributed by atoms with Crippen LogP contribution in [0.15, 0.2) is 4.99 Å². The number of Topliss-reactive ketones (excluding diaryl/α,β-unsaturated/α-hetero) is 1. The fourth-order valence-corrected chi connectivity index (χ4v) is 0.969. The van der Waals surface area contributed by atoms with Crippen LogP contribution in [0.5, 0.6) is 0 Å². The van der Waals surface area contributed by atoms with E-state index in [1.807, 2.05) is 11.9 Å². The maximum absolute atomic E-state index is 10.6. The first-order valence-electron chi connectivity index (χ1n) is 3.36. The van der Waals surface area contributed by atoms with Crippen LogP contribution in [-0.4, -0.2) is 36.7 Å². The van der Waals surface area contributed by atoms with Crippen molar-refractivity contribution in [1.29, 1.82) is 5.26 Å². The second-order valence-corrected chi connectivity index (χ2v) is 2.59. The maximum Gasteiger partial charge on any atom is 0.237 e. The Hall–Kier alpha value is -1.21. The molecule has 0 saturated carbocycles. The molecule has 0 atom stereocenters. The Morgan fingerprint density at radius 1 is 1.91 bits per heavy atom. The number of hydrogen-bond donors (Lipinski definition) is 0. The van der Waals surface area contributed by atoms with Gasteiger partial charge in [0.2, 0.25) is 5.78 Å². The van der Waals surface area contributed by atoms with Gasteiger partial charge >= 0.3 is 0 Å². The Labute approximate surface area is 65.1 Å². The summed E-state index contributed by atoms with van der Waals surface area (Å²) in [6.07, 6.45) is 0.195. The average Bonchev–Trinajstić information content (AvgIpc) is 2.35. The fourth-order valence-electron chi connectivity index (χ4n) is 0.969. The van der Waals surface area contributed by atoms with Crippen molar-refractivity contribution in [3.8, 4) is 6.07 Å². The van der Waals surface area contributed by atoms with E-state index in [9.17, 15) is 4.79 Å². The van der Waals surface area contributed by atoms with Gasteiger partial charge in [-0.25, -0.2) is 0 Å². The second kappa shape index (κ2) is 3.26. The van der Waals surface area contributed by atoms with E-state index < -0.39 is 5.78 Å². The molecule has 0 amide bonds. The van der Waals surface area contributed by atoms with E-state index in [4.69, 9.17) is 5.26 Å². The normalized spacial score (nSPS) is 17.6. The van der Waals surface area contributed by atoms with E-state index in [2.05, 4.69) is 4.99 Å². The first-order valence-corrected chi connectivity index (χ1v) is 3.36. The van der Waals surface area contributed by atoms with Crippen molar-refractivity contribution in [3.63, 3.8) is 0 Å². The molecule has 0 bridgehead atoms. The van der Waals surface area contributed by atoms with Crippen LogP contribution >= 0.6 is 0 Å². The highest BCUT2D eigenvalue weighted by Crippen LogP contribution is 2.00. The molecule has 0 saturated heterocycles. The summed E-state index contributed by atoms with van der Waals surface area (Å²) in [4.78, 5) is 16.7. The Bertz CT molecular complexity index is 239. The molecule has 1 aliphatic heterocycles. The van der Waals surface area contributed by atoms with Crippen LogP contribution in [0.4, 0.5) is 0 Å². The van der Waals surface area contributed by atoms with Crippen LogP contribution in [0.25, 0.3) is 0 Å². The zero-order valence-corrected chi connectivity index (χ0v) is 6.37. The average molecular weight is 151 g/mol. The topological polar surface area (TPSA) is 56.5 Å². The molecule has 0 spiro atoms. The van der Waals surface area contributed by atoms with Crippen molar-refractivity contribution in [2.24, 2.45) is 4.99 Å². The molecule has 0 N–H and O–H groups in total. The minimum Gasteiger partial charge on any atom is -0.282 e. The van der Waals surface area contributed by atoms with Gasteiger partial charge < -0.3 is 0 Å². The number of rotatable bonds is 2. The molecule has 1 heterocycles. The summed E-state index contributed by atoms with van der Waals surface area (Å²) in [6.45, 7) is 1.36. The lowest BCUT2D eigenvalue weighted by molar-refractivity contribution is -0.112. The number of carbonyl (C=O) groups is 1. The summed E-state index contributed by atoms with van der Waals surface area (Å²) in [5, 5.41) is 8.19. The molecule has 58 valence electrons. The molecule has 0 fully saturated rings. The van der Waals surface area contributed by atoms with Gasteiger partial charge in [0.1, 0.15) is 6.07 Å². The molecule has 4 heteroatoms. The first-order chi connectivity index (χ1) is 5.22. The molecule has 0 radical (unpaired) electrons. The number of nitriles is 1. The highest BCUT2D eigenvalue weighted by Gasteiger charge is 2.13. The molecule has 0 aromatic heterocycles. The van der Waals surface area contributed by atoms with E-state index in [0.29, 0.717) is 13.2 Å². The number of hydrogen-bond acceptors (Lipinski definition) is 4. The zero-order chi connectivity index (χ0) is 8.27. The molecule has 1 aliphatic rings. The third kappa shape index (κ3) is 2.13. The van der Waals surface area contributed by atoms with E-state index in [0.717, 1.165) is 5.71 Å². The SMILES string of the molecule is CN1CN=C(CC(=O)C#N)C1. The van der Waals surface area contributed by atoms with Crippen molar-refractivity contribution < 1.29 is 4.79 Å². The highest BCUT2D eigenvalue weighted by molar-refractivity contribution is 6.09. The van der Waals surface area contributed by atoms with Crippen LogP contribution in [0.2, 0.25) is 0 Å². The summed E-state index contributed by atoms with van der Waals surface area (Å²) in [7, 11) is 1.92. The summed E-state index contributed by atoms with van der Waals surface area (Å²) >= 11 is 0. The summed E-state index contributed by atoms with van der Waals surface area (Å²) in [5.41, 5.74) is 0.819. The van der Waals surface area contributed by atoms with Gasteiger partial charge in [-0.15, -0.1) is 0 Å². The lowest BCUT2D eigenvalue weighted by Gasteiger charge is -2.02. The molecule has 0 aliphatic carbocycles. The molecule has 0 aromatic rings. The lowest BCUT2D eigenvalue weighted by atomic mass is 10.2. The molecular formula is C7H9N3O. The fraction of sp³-hybridized carbons (Fsp3) is 0.571. The maximum atomic E-state index is 10.6. The predicted molar refractivity (Wildman–Crippen MR) is 40.2 cm³/mol. The minimum atomic E-state index is -0.404. The molecule has 0 unspecified atom stereocenters. The summed E-state index contributed by atoms with van der Waals surface area (Å²) < 4.78 is 0. The predicted octanol–water partition coefficient (Wildman–Crippen LogP) is -0.187. The number of aliphatic imine (C=N–C) groups is 1. The van der Waals surface area contributed by atoms with Gasteiger partial charge in [0.25, 0.3) is 0 Å². The highest BCUT2D eigenvalue weighted by atomic mass is 16.1. The summed E-state index contributed by atoms with van der Waals surface area (Å²) in [5.74, 6) is -0.404. The van der Waals surface area contributed by atoms with Crippen LogP contribution in [0.1, 0.15) is 6.42 Å². The standard InChI is InChI=1S/C7H9N3O/c1-10-4-6(9-5-10)2-7(11)3-8/h2,4-5H2,1H3. The molecule has 1 rings (SSSR count). The largest absolute Gasteiger partial charge is 0.282 e. The van der Waals surface area contributed by atoms with Gasteiger partial charge in [0, 0.05) is 12.3 Å². The Balaban J connectivity index is 2.41. The number of ketones is 1. The lowest BCUT2D eigenvalue weighted by Crippen LogP contribution is -2.18. The van der Waals surface area contributed by atoms with Crippen LogP contribution < -0.4 is 0 Å². The van der Waals surface area contributed by atoms with Crippen molar-refractivity contribution >= 4 is 11.5 Å². The molecular weight excluding hydrogens is 142 g/mol. The van der Waals surface area contributed by atoms with Gasteiger partial charge in [0.05, 0.1) is 13.1 Å². The molecule has 11 heavy (non-hydrogen) atoms. The van der Waals surface area contributed by atoms with Crippen molar-refractivity contribution in [2.75, 3.05) is 20.3 Å². The first kappa shape index (κ1) is 7.89.